The third kappa shape index (κ3) is 4.84. The summed E-state index contributed by atoms with van der Waals surface area (Å²) in [6.07, 6.45) is 6.39. The largest absolute Gasteiger partial charge is 0.341 e. The van der Waals surface area contributed by atoms with Crippen LogP contribution in [0.1, 0.15) is 48.7 Å². The van der Waals surface area contributed by atoms with Crippen molar-refractivity contribution in [2.24, 2.45) is 0 Å². The lowest BCUT2D eigenvalue weighted by Crippen LogP contribution is -2.38. The molecule has 5 rings (SSSR count). The van der Waals surface area contributed by atoms with Crippen LogP contribution in [-0.4, -0.2) is 61.0 Å². The van der Waals surface area contributed by atoms with Gasteiger partial charge in [0.05, 0.1) is 6.54 Å². The molecule has 3 aromatic rings. The zero-order valence-corrected chi connectivity index (χ0v) is 19.9. The summed E-state index contributed by atoms with van der Waals surface area (Å²) < 4.78 is 1.88. The first kappa shape index (κ1) is 22.6. The first-order chi connectivity index (χ1) is 16.7. The highest BCUT2D eigenvalue weighted by Crippen LogP contribution is 2.37. The first-order valence-corrected chi connectivity index (χ1v) is 12.7. The molecular formula is C25H28N6O2S. The Morgan fingerprint density at radius 1 is 0.941 bits per heavy atom. The van der Waals surface area contributed by atoms with E-state index in [9.17, 15) is 9.59 Å². The van der Waals surface area contributed by atoms with Crippen molar-refractivity contribution in [3.8, 4) is 5.82 Å². The zero-order chi connectivity index (χ0) is 23.3. The fourth-order valence-electron chi connectivity index (χ4n) is 4.51. The molecule has 2 aliphatic rings. The minimum Gasteiger partial charge on any atom is -0.341 e. The van der Waals surface area contributed by atoms with Gasteiger partial charge in [0, 0.05) is 32.3 Å². The van der Waals surface area contributed by atoms with Crippen LogP contribution in [0, 0.1) is 0 Å². The summed E-state index contributed by atoms with van der Waals surface area (Å²) >= 11 is 1.40. The maximum absolute atomic E-state index is 13.7. The van der Waals surface area contributed by atoms with Crippen molar-refractivity contribution in [3.63, 3.8) is 0 Å². The predicted octanol–water partition coefficient (Wildman–Crippen LogP) is 3.63. The van der Waals surface area contributed by atoms with Crippen LogP contribution in [0.5, 0.6) is 0 Å². The van der Waals surface area contributed by atoms with Gasteiger partial charge in [0.25, 0.3) is 0 Å². The number of carbonyl (C=O) groups excluding carboxylic acids is 2. The molecule has 2 saturated heterocycles. The van der Waals surface area contributed by atoms with E-state index < -0.39 is 5.25 Å². The number of hydrogen-bond acceptors (Lipinski definition) is 6. The van der Waals surface area contributed by atoms with Crippen molar-refractivity contribution in [3.05, 3.63) is 66.1 Å². The molecular weight excluding hydrogens is 448 g/mol. The lowest BCUT2D eigenvalue weighted by Gasteiger charge is -2.30. The molecule has 34 heavy (non-hydrogen) atoms. The van der Waals surface area contributed by atoms with E-state index in [2.05, 4.69) is 15.2 Å². The number of piperidine rings is 1. The van der Waals surface area contributed by atoms with Crippen LogP contribution in [0.15, 0.2) is 59.9 Å². The van der Waals surface area contributed by atoms with Gasteiger partial charge in [-0.1, -0.05) is 48.2 Å². The van der Waals surface area contributed by atoms with Crippen molar-refractivity contribution in [2.45, 2.75) is 49.1 Å². The van der Waals surface area contributed by atoms with Gasteiger partial charge < -0.3 is 9.80 Å². The summed E-state index contributed by atoms with van der Waals surface area (Å²) in [5.41, 5.74) is 0.940. The van der Waals surface area contributed by atoms with Crippen LogP contribution in [0.4, 0.5) is 0 Å². The van der Waals surface area contributed by atoms with Gasteiger partial charge in [0.15, 0.2) is 11.0 Å². The second-order valence-electron chi connectivity index (χ2n) is 8.64. The van der Waals surface area contributed by atoms with Crippen molar-refractivity contribution < 1.29 is 9.59 Å². The summed E-state index contributed by atoms with van der Waals surface area (Å²) in [7, 11) is 0. The minimum absolute atomic E-state index is 0.0998. The highest BCUT2D eigenvalue weighted by molar-refractivity contribution is 8.00. The molecule has 0 saturated carbocycles. The normalized spacial score (nSPS) is 17.2. The Bertz CT molecular complexity index is 1130. The molecule has 0 aliphatic carbocycles. The van der Waals surface area contributed by atoms with E-state index in [1.165, 1.54) is 18.2 Å². The summed E-state index contributed by atoms with van der Waals surface area (Å²) in [6.45, 7) is 2.67. The Labute approximate surface area is 203 Å². The standard InChI is InChI=1S/C25H28N6O2S/c32-22-13-9-17-30(22)18-21-27-28-25(31(21)20-12-5-6-14-26-20)34-23(19-10-3-1-4-11-19)24(33)29-15-7-2-8-16-29/h1,3-6,10-12,14,23H,2,7-9,13,15-18H2. The Kier molecular flexibility index (Phi) is 6.89. The zero-order valence-electron chi connectivity index (χ0n) is 19.0. The molecule has 0 bridgehead atoms. The highest BCUT2D eigenvalue weighted by Gasteiger charge is 2.31. The smallest absolute Gasteiger partial charge is 0.240 e. The molecule has 2 amide bonds. The monoisotopic (exact) mass is 476 g/mol. The lowest BCUT2D eigenvalue weighted by atomic mass is 10.1. The van der Waals surface area contributed by atoms with Crippen LogP contribution in [-0.2, 0) is 16.1 Å². The summed E-state index contributed by atoms with van der Waals surface area (Å²) in [5.74, 6) is 1.55. The van der Waals surface area contributed by atoms with E-state index in [-0.39, 0.29) is 11.8 Å². The van der Waals surface area contributed by atoms with Crippen LogP contribution < -0.4 is 0 Å². The summed E-state index contributed by atoms with van der Waals surface area (Å²) in [5, 5.41) is 9.08. The average molecular weight is 477 g/mol. The predicted molar refractivity (Wildman–Crippen MR) is 129 cm³/mol. The van der Waals surface area contributed by atoms with Crippen molar-refractivity contribution in [2.75, 3.05) is 19.6 Å². The second kappa shape index (κ2) is 10.4. The molecule has 176 valence electrons. The molecule has 2 aromatic heterocycles. The maximum Gasteiger partial charge on any atom is 0.240 e. The third-order valence-electron chi connectivity index (χ3n) is 6.30. The molecule has 0 N–H and O–H groups in total. The number of hydrogen-bond donors (Lipinski definition) is 0. The first-order valence-electron chi connectivity index (χ1n) is 11.8. The van der Waals surface area contributed by atoms with Crippen molar-refractivity contribution in [1.82, 2.24) is 29.5 Å². The molecule has 2 fully saturated rings. The number of nitrogens with zero attached hydrogens (tertiary/aromatic N) is 6. The fraction of sp³-hybridized carbons (Fsp3) is 0.400. The van der Waals surface area contributed by atoms with Crippen LogP contribution in [0.2, 0.25) is 0 Å². The number of amides is 2. The van der Waals surface area contributed by atoms with E-state index in [4.69, 9.17) is 0 Å². The Morgan fingerprint density at radius 3 is 2.44 bits per heavy atom. The van der Waals surface area contributed by atoms with E-state index in [1.807, 2.05) is 62.9 Å². The van der Waals surface area contributed by atoms with E-state index in [0.717, 1.165) is 44.5 Å². The maximum atomic E-state index is 13.7. The SMILES string of the molecule is O=C1CCCN1Cc1nnc(SC(C(=O)N2CCCCC2)c2ccccc2)n1-c1ccccn1. The fourth-order valence-corrected chi connectivity index (χ4v) is 5.66. The Hall–Kier alpha value is -3.20. The van der Waals surface area contributed by atoms with E-state index in [1.54, 1.807) is 6.20 Å². The number of likely N-dealkylation sites (tertiary alicyclic amines) is 2. The Balaban J connectivity index is 1.50. The molecule has 1 unspecified atom stereocenters. The molecule has 0 radical (unpaired) electrons. The lowest BCUT2D eigenvalue weighted by molar-refractivity contribution is -0.131. The molecule has 1 atom stereocenters. The number of thioether (sulfide) groups is 1. The van der Waals surface area contributed by atoms with Crippen LogP contribution >= 0.6 is 11.8 Å². The van der Waals surface area contributed by atoms with Gasteiger partial charge >= 0.3 is 0 Å². The van der Waals surface area contributed by atoms with Crippen LogP contribution in [0.25, 0.3) is 5.82 Å². The quantitative estimate of drug-likeness (QED) is 0.484. The summed E-state index contributed by atoms with van der Waals surface area (Å²) in [4.78, 5) is 34.2. The van der Waals surface area contributed by atoms with Gasteiger partial charge in [0.1, 0.15) is 11.1 Å². The number of aromatic nitrogens is 4. The van der Waals surface area contributed by atoms with Gasteiger partial charge in [-0.25, -0.2) is 4.98 Å². The number of pyridine rings is 1. The van der Waals surface area contributed by atoms with Gasteiger partial charge in [-0.05, 0) is 43.4 Å². The summed E-state index contributed by atoms with van der Waals surface area (Å²) in [6, 6.07) is 15.5. The highest BCUT2D eigenvalue weighted by atomic mass is 32.2. The van der Waals surface area contributed by atoms with E-state index >= 15 is 0 Å². The third-order valence-corrected chi connectivity index (χ3v) is 7.48. The van der Waals surface area contributed by atoms with Crippen molar-refractivity contribution >= 4 is 23.6 Å². The number of rotatable bonds is 7. The average Bonchev–Trinajstić information content (AvgIpc) is 3.49. The Morgan fingerprint density at radius 2 is 1.74 bits per heavy atom. The molecule has 4 heterocycles. The molecule has 2 aliphatic heterocycles. The molecule has 8 nitrogen and oxygen atoms in total. The molecule has 9 heteroatoms. The van der Waals surface area contributed by atoms with Gasteiger partial charge in [-0.3, -0.25) is 14.2 Å². The van der Waals surface area contributed by atoms with Crippen LogP contribution in [0.3, 0.4) is 0 Å². The number of carbonyl (C=O) groups is 2. The van der Waals surface area contributed by atoms with E-state index in [0.29, 0.717) is 29.8 Å². The van der Waals surface area contributed by atoms with Gasteiger partial charge in [0.2, 0.25) is 11.8 Å². The molecule has 0 spiro atoms. The van der Waals surface area contributed by atoms with Gasteiger partial charge in [-0.15, -0.1) is 10.2 Å². The number of benzene rings is 1. The minimum atomic E-state index is -0.438. The van der Waals surface area contributed by atoms with Crippen molar-refractivity contribution in [1.29, 1.82) is 0 Å². The molecule has 1 aromatic carbocycles. The topological polar surface area (TPSA) is 84.2 Å². The second-order valence-corrected chi connectivity index (χ2v) is 9.71. The van der Waals surface area contributed by atoms with Gasteiger partial charge in [-0.2, -0.15) is 0 Å².